The Morgan fingerprint density at radius 3 is 2.36 bits per heavy atom. The minimum atomic E-state index is -3.74. The smallest absolute Gasteiger partial charge is 0.251 e. The second-order valence-corrected chi connectivity index (χ2v) is 7.44. The standard InChI is InChI=1S/C14H19N3O4S/c1-9(2)16-14(19)10-3-5-11(6-4-10)17-8-12(7-13(17)18)22(15,20)21/h3-6,9,12H,7-8H2,1-2H3,(H,16,19)(H2,15,20,21). The summed E-state index contributed by atoms with van der Waals surface area (Å²) < 4.78 is 22.7. The van der Waals surface area contributed by atoms with Gasteiger partial charge in [-0.1, -0.05) is 0 Å². The molecule has 1 heterocycles. The fourth-order valence-corrected chi connectivity index (χ4v) is 3.01. The van der Waals surface area contributed by atoms with Crippen LogP contribution in [0.5, 0.6) is 0 Å². The first-order chi connectivity index (χ1) is 10.2. The van der Waals surface area contributed by atoms with Crippen molar-refractivity contribution in [1.82, 2.24) is 5.32 Å². The number of carbonyl (C=O) groups is 2. The number of nitrogens with two attached hydrogens (primary N) is 1. The van der Waals surface area contributed by atoms with E-state index in [-0.39, 0.29) is 30.8 Å². The molecule has 8 heteroatoms. The molecule has 22 heavy (non-hydrogen) atoms. The molecule has 0 saturated carbocycles. The molecule has 1 saturated heterocycles. The Hall–Kier alpha value is -1.93. The van der Waals surface area contributed by atoms with E-state index < -0.39 is 15.3 Å². The lowest BCUT2D eigenvalue weighted by atomic mass is 10.1. The van der Waals surface area contributed by atoms with Crippen LogP contribution < -0.4 is 15.4 Å². The Kier molecular flexibility index (Phi) is 4.52. The molecule has 0 aliphatic carbocycles. The molecule has 1 atom stereocenters. The number of carbonyl (C=O) groups excluding carboxylic acids is 2. The van der Waals surface area contributed by atoms with E-state index in [9.17, 15) is 18.0 Å². The van der Waals surface area contributed by atoms with Gasteiger partial charge in [0.25, 0.3) is 5.91 Å². The first-order valence-corrected chi connectivity index (χ1v) is 8.52. The van der Waals surface area contributed by atoms with Crippen LogP contribution >= 0.6 is 0 Å². The maximum atomic E-state index is 11.9. The van der Waals surface area contributed by atoms with Gasteiger partial charge in [-0.2, -0.15) is 0 Å². The number of rotatable bonds is 4. The molecule has 3 N–H and O–H groups in total. The van der Waals surface area contributed by atoms with Crippen LogP contribution in [-0.4, -0.2) is 38.1 Å². The van der Waals surface area contributed by atoms with Crippen molar-refractivity contribution in [3.05, 3.63) is 29.8 Å². The van der Waals surface area contributed by atoms with Crippen molar-refractivity contribution < 1.29 is 18.0 Å². The molecule has 0 bridgehead atoms. The molecule has 1 aliphatic rings. The first-order valence-electron chi connectivity index (χ1n) is 6.91. The van der Waals surface area contributed by atoms with E-state index in [1.54, 1.807) is 24.3 Å². The number of anilines is 1. The third-order valence-corrected chi connectivity index (χ3v) is 4.66. The lowest BCUT2D eigenvalue weighted by Crippen LogP contribution is -2.32. The van der Waals surface area contributed by atoms with E-state index >= 15 is 0 Å². The maximum Gasteiger partial charge on any atom is 0.251 e. The molecule has 1 aromatic rings. The van der Waals surface area contributed by atoms with Gasteiger partial charge in [0.1, 0.15) is 5.25 Å². The SMILES string of the molecule is CC(C)NC(=O)c1ccc(N2CC(S(N)(=O)=O)CC2=O)cc1. The summed E-state index contributed by atoms with van der Waals surface area (Å²) in [4.78, 5) is 25.1. The monoisotopic (exact) mass is 325 g/mol. The van der Waals surface area contributed by atoms with Crippen LogP contribution in [0.2, 0.25) is 0 Å². The highest BCUT2D eigenvalue weighted by Gasteiger charge is 2.37. The Morgan fingerprint density at radius 1 is 1.32 bits per heavy atom. The van der Waals surface area contributed by atoms with E-state index in [1.807, 2.05) is 13.8 Å². The van der Waals surface area contributed by atoms with Crippen LogP contribution in [0.25, 0.3) is 0 Å². The van der Waals surface area contributed by atoms with Gasteiger partial charge in [-0.25, -0.2) is 13.6 Å². The Bertz CT molecular complexity index is 683. The lowest BCUT2D eigenvalue weighted by Gasteiger charge is -2.17. The predicted molar refractivity (Wildman–Crippen MR) is 82.9 cm³/mol. The molecule has 2 amide bonds. The lowest BCUT2D eigenvalue weighted by molar-refractivity contribution is -0.117. The zero-order valence-electron chi connectivity index (χ0n) is 12.4. The summed E-state index contributed by atoms with van der Waals surface area (Å²) in [5.41, 5.74) is 1.03. The predicted octanol–water partition coefficient (Wildman–Crippen LogP) is 0.219. The highest BCUT2D eigenvalue weighted by Crippen LogP contribution is 2.24. The minimum absolute atomic E-state index is 0.0304. The van der Waals surface area contributed by atoms with Gasteiger partial charge in [0, 0.05) is 30.3 Å². The van der Waals surface area contributed by atoms with E-state index in [0.29, 0.717) is 11.3 Å². The molecule has 7 nitrogen and oxygen atoms in total. The Labute approximate surface area is 129 Å². The molecular formula is C14H19N3O4S. The first kappa shape index (κ1) is 16.4. The number of nitrogens with zero attached hydrogens (tertiary/aromatic N) is 1. The van der Waals surface area contributed by atoms with Crippen molar-refractivity contribution in [2.45, 2.75) is 31.6 Å². The fraction of sp³-hybridized carbons (Fsp3) is 0.429. The number of amides is 2. The van der Waals surface area contributed by atoms with Gasteiger partial charge < -0.3 is 10.2 Å². The van der Waals surface area contributed by atoms with Gasteiger partial charge >= 0.3 is 0 Å². The molecule has 0 aromatic heterocycles. The molecule has 0 spiro atoms. The molecule has 1 aliphatic heterocycles. The highest BCUT2D eigenvalue weighted by molar-refractivity contribution is 7.89. The number of nitrogens with one attached hydrogen (secondary N) is 1. The van der Waals surface area contributed by atoms with Crippen molar-refractivity contribution in [3.8, 4) is 0 Å². The normalized spacial score (nSPS) is 18.8. The summed E-state index contributed by atoms with van der Waals surface area (Å²) in [6, 6.07) is 6.48. The van der Waals surface area contributed by atoms with Crippen LogP contribution in [0.15, 0.2) is 24.3 Å². The number of hydrogen-bond donors (Lipinski definition) is 2. The van der Waals surface area contributed by atoms with Crippen molar-refractivity contribution in [2.24, 2.45) is 5.14 Å². The maximum absolute atomic E-state index is 11.9. The summed E-state index contributed by atoms with van der Waals surface area (Å²) in [7, 11) is -3.74. The molecule has 1 unspecified atom stereocenters. The quantitative estimate of drug-likeness (QED) is 0.825. The summed E-state index contributed by atoms with van der Waals surface area (Å²) in [5, 5.41) is 6.98. The van der Waals surface area contributed by atoms with Crippen LogP contribution in [0.4, 0.5) is 5.69 Å². The second-order valence-electron chi connectivity index (χ2n) is 5.59. The van der Waals surface area contributed by atoms with Crippen LogP contribution in [0.1, 0.15) is 30.6 Å². The number of sulfonamides is 1. The van der Waals surface area contributed by atoms with Crippen molar-refractivity contribution in [3.63, 3.8) is 0 Å². The van der Waals surface area contributed by atoms with Crippen LogP contribution in [0, 0.1) is 0 Å². The highest BCUT2D eigenvalue weighted by atomic mass is 32.2. The van der Waals surface area contributed by atoms with Crippen molar-refractivity contribution in [1.29, 1.82) is 0 Å². The second kappa shape index (κ2) is 6.05. The van der Waals surface area contributed by atoms with Gasteiger partial charge in [0.05, 0.1) is 0 Å². The summed E-state index contributed by atoms with van der Waals surface area (Å²) >= 11 is 0. The van der Waals surface area contributed by atoms with Crippen LogP contribution in [0.3, 0.4) is 0 Å². The molecule has 2 rings (SSSR count). The Balaban J connectivity index is 2.14. The van der Waals surface area contributed by atoms with Gasteiger partial charge in [-0.3, -0.25) is 9.59 Å². The van der Waals surface area contributed by atoms with Crippen LogP contribution in [-0.2, 0) is 14.8 Å². The van der Waals surface area contributed by atoms with Crippen molar-refractivity contribution in [2.75, 3.05) is 11.4 Å². The molecule has 0 radical (unpaired) electrons. The van der Waals surface area contributed by atoms with Gasteiger partial charge in [-0.05, 0) is 38.1 Å². The van der Waals surface area contributed by atoms with E-state index in [4.69, 9.17) is 5.14 Å². The van der Waals surface area contributed by atoms with Crippen molar-refractivity contribution >= 4 is 27.5 Å². The number of primary sulfonamides is 1. The molecule has 120 valence electrons. The summed E-state index contributed by atoms with van der Waals surface area (Å²) in [5.74, 6) is -0.491. The molecular weight excluding hydrogens is 306 g/mol. The zero-order valence-corrected chi connectivity index (χ0v) is 13.3. The number of benzene rings is 1. The van der Waals surface area contributed by atoms with E-state index in [0.717, 1.165) is 0 Å². The largest absolute Gasteiger partial charge is 0.350 e. The third-order valence-electron chi connectivity index (χ3n) is 3.42. The Morgan fingerprint density at radius 2 is 1.91 bits per heavy atom. The minimum Gasteiger partial charge on any atom is -0.350 e. The van der Waals surface area contributed by atoms with E-state index in [1.165, 1.54) is 4.90 Å². The molecule has 1 aromatic carbocycles. The number of hydrogen-bond acceptors (Lipinski definition) is 4. The fourth-order valence-electron chi connectivity index (χ4n) is 2.28. The summed E-state index contributed by atoms with van der Waals surface area (Å²) in [6.45, 7) is 3.76. The summed E-state index contributed by atoms with van der Waals surface area (Å²) in [6.07, 6.45) is -0.117. The van der Waals surface area contributed by atoms with Gasteiger partial charge in [0.2, 0.25) is 15.9 Å². The third kappa shape index (κ3) is 3.63. The topological polar surface area (TPSA) is 110 Å². The average molecular weight is 325 g/mol. The van der Waals surface area contributed by atoms with E-state index in [2.05, 4.69) is 5.32 Å². The van der Waals surface area contributed by atoms with Gasteiger partial charge in [-0.15, -0.1) is 0 Å². The average Bonchev–Trinajstić information content (AvgIpc) is 2.80. The zero-order chi connectivity index (χ0) is 16.5. The van der Waals surface area contributed by atoms with Gasteiger partial charge in [0.15, 0.2) is 0 Å². The molecule has 1 fully saturated rings.